The Morgan fingerprint density at radius 1 is 1.26 bits per heavy atom. The smallest absolute Gasteiger partial charge is 0.335 e. The Morgan fingerprint density at radius 2 is 1.91 bits per heavy atom. The van der Waals surface area contributed by atoms with Gasteiger partial charge in [0.2, 0.25) is 10.0 Å². The average Bonchev–Trinajstić information content (AvgIpc) is 3.01. The average molecular weight is 354 g/mol. The van der Waals surface area contributed by atoms with Gasteiger partial charge in [-0.1, -0.05) is 6.07 Å². The van der Waals surface area contributed by atoms with E-state index in [1.807, 2.05) is 36.5 Å². The number of nitrogens with one attached hydrogen (secondary N) is 1. The number of hydrogen-bond donors (Lipinski definition) is 2. The third-order valence-corrected chi connectivity index (χ3v) is 5.79. The molecule has 0 aliphatic rings. The lowest BCUT2D eigenvalue weighted by Crippen LogP contribution is -2.34. The van der Waals surface area contributed by atoms with Crippen LogP contribution in [-0.4, -0.2) is 45.0 Å². The predicted molar refractivity (Wildman–Crippen MR) is 89.3 cm³/mol. The van der Waals surface area contributed by atoms with Crippen LogP contribution >= 0.6 is 11.3 Å². The Hall–Kier alpha value is -1.74. The van der Waals surface area contributed by atoms with Gasteiger partial charge in [-0.25, -0.2) is 17.9 Å². The van der Waals surface area contributed by atoms with E-state index < -0.39 is 16.0 Å². The van der Waals surface area contributed by atoms with Crippen LogP contribution in [-0.2, 0) is 10.0 Å². The third-order valence-electron chi connectivity index (χ3n) is 3.37. The van der Waals surface area contributed by atoms with Crippen LogP contribution in [0.4, 0.5) is 0 Å². The fourth-order valence-electron chi connectivity index (χ4n) is 2.07. The van der Waals surface area contributed by atoms with E-state index >= 15 is 0 Å². The van der Waals surface area contributed by atoms with Crippen molar-refractivity contribution in [2.75, 3.05) is 20.6 Å². The third kappa shape index (κ3) is 4.38. The molecule has 0 saturated carbocycles. The molecule has 0 radical (unpaired) electrons. The van der Waals surface area contributed by atoms with E-state index in [1.54, 1.807) is 11.3 Å². The molecule has 2 aromatic rings. The quantitative estimate of drug-likeness (QED) is 0.794. The molecule has 23 heavy (non-hydrogen) atoms. The highest BCUT2D eigenvalue weighted by atomic mass is 32.2. The lowest BCUT2D eigenvalue weighted by molar-refractivity contribution is 0.0696. The van der Waals surface area contributed by atoms with Crippen molar-refractivity contribution < 1.29 is 18.3 Å². The van der Waals surface area contributed by atoms with E-state index in [9.17, 15) is 13.2 Å². The minimum absolute atomic E-state index is 0.0474. The number of rotatable bonds is 7. The topological polar surface area (TPSA) is 86.7 Å². The molecule has 2 rings (SSSR count). The first-order chi connectivity index (χ1) is 10.8. The standard InChI is InChI=1S/C15H18N2O4S2/c1-17(2)13(14-4-3-9-22-14)10-16-23(20,21)12-7-5-11(6-8-12)15(18)19/h3-9,13,16H,10H2,1-2H3,(H,18,19). The fraction of sp³-hybridized carbons (Fsp3) is 0.267. The Bertz CT molecular complexity index is 753. The summed E-state index contributed by atoms with van der Waals surface area (Å²) < 4.78 is 27.3. The SMILES string of the molecule is CN(C)C(CNS(=O)(=O)c1ccc(C(=O)O)cc1)c1cccs1. The summed E-state index contributed by atoms with van der Waals surface area (Å²) in [5.74, 6) is -1.09. The van der Waals surface area contributed by atoms with E-state index in [1.165, 1.54) is 24.3 Å². The van der Waals surface area contributed by atoms with Gasteiger partial charge in [-0.15, -0.1) is 11.3 Å². The summed E-state index contributed by atoms with van der Waals surface area (Å²) in [6.07, 6.45) is 0. The second-order valence-electron chi connectivity index (χ2n) is 5.18. The molecule has 0 saturated heterocycles. The van der Waals surface area contributed by atoms with Crippen LogP contribution in [0.5, 0.6) is 0 Å². The second-order valence-corrected chi connectivity index (χ2v) is 7.92. The normalized spacial score (nSPS) is 13.2. The van der Waals surface area contributed by atoms with Gasteiger partial charge >= 0.3 is 5.97 Å². The molecule has 0 aliphatic carbocycles. The van der Waals surface area contributed by atoms with Crippen molar-refractivity contribution in [2.45, 2.75) is 10.9 Å². The highest BCUT2D eigenvalue weighted by Gasteiger charge is 2.20. The molecule has 0 amide bonds. The minimum atomic E-state index is -3.69. The molecule has 124 valence electrons. The van der Waals surface area contributed by atoms with Crippen molar-refractivity contribution in [2.24, 2.45) is 0 Å². The molecule has 0 bridgehead atoms. The number of aromatic carboxylic acids is 1. The van der Waals surface area contributed by atoms with Crippen LogP contribution in [0.25, 0.3) is 0 Å². The van der Waals surface area contributed by atoms with Gasteiger partial charge in [-0.05, 0) is 49.8 Å². The molecule has 0 spiro atoms. The molecule has 1 unspecified atom stereocenters. The number of benzene rings is 1. The number of carboxylic acids is 1. The first kappa shape index (κ1) is 17.6. The summed E-state index contributed by atoms with van der Waals surface area (Å²) in [7, 11) is 0.0911. The molecule has 1 aromatic carbocycles. The number of thiophene rings is 1. The molecule has 6 nitrogen and oxygen atoms in total. The molecule has 8 heteroatoms. The minimum Gasteiger partial charge on any atom is -0.478 e. The molecule has 0 aliphatic heterocycles. The summed E-state index contributed by atoms with van der Waals surface area (Å²) in [6.45, 7) is 0.233. The van der Waals surface area contributed by atoms with Gasteiger partial charge in [0.05, 0.1) is 16.5 Å². The molecule has 0 fully saturated rings. The molecule has 2 N–H and O–H groups in total. The fourth-order valence-corrected chi connectivity index (χ4v) is 4.03. The first-order valence-corrected chi connectivity index (χ1v) is 9.20. The predicted octanol–water partition coefficient (Wildman–Crippen LogP) is 2.03. The van der Waals surface area contributed by atoms with E-state index in [-0.39, 0.29) is 23.0 Å². The van der Waals surface area contributed by atoms with Crippen LogP contribution < -0.4 is 4.72 Å². The molecular formula is C15H18N2O4S2. The summed E-state index contributed by atoms with van der Waals surface area (Å²) in [5, 5.41) is 10.8. The zero-order valence-corrected chi connectivity index (χ0v) is 14.4. The van der Waals surface area contributed by atoms with Crippen LogP contribution in [0.2, 0.25) is 0 Å². The Labute approximate surface area is 139 Å². The number of nitrogens with zero attached hydrogens (tertiary/aromatic N) is 1. The number of carbonyl (C=O) groups is 1. The highest BCUT2D eigenvalue weighted by molar-refractivity contribution is 7.89. The molecular weight excluding hydrogens is 336 g/mol. The van der Waals surface area contributed by atoms with Gasteiger partial charge in [0.25, 0.3) is 0 Å². The largest absolute Gasteiger partial charge is 0.478 e. The highest BCUT2D eigenvalue weighted by Crippen LogP contribution is 2.23. The summed E-state index contributed by atoms with van der Waals surface area (Å²) >= 11 is 1.57. The zero-order chi connectivity index (χ0) is 17.0. The van der Waals surface area contributed by atoms with Crippen molar-refractivity contribution in [1.82, 2.24) is 9.62 Å². The van der Waals surface area contributed by atoms with Gasteiger partial charge in [0.1, 0.15) is 0 Å². The maximum Gasteiger partial charge on any atom is 0.335 e. The van der Waals surface area contributed by atoms with Crippen molar-refractivity contribution in [3.05, 3.63) is 52.2 Å². The van der Waals surface area contributed by atoms with E-state index in [4.69, 9.17) is 5.11 Å². The number of sulfonamides is 1. The first-order valence-electron chi connectivity index (χ1n) is 6.84. The van der Waals surface area contributed by atoms with Gasteiger partial charge in [0, 0.05) is 11.4 Å². The molecule has 1 aromatic heterocycles. The number of hydrogen-bond acceptors (Lipinski definition) is 5. The van der Waals surface area contributed by atoms with Crippen molar-refractivity contribution in [1.29, 1.82) is 0 Å². The van der Waals surface area contributed by atoms with E-state index in [0.717, 1.165) is 4.88 Å². The van der Waals surface area contributed by atoms with Crippen molar-refractivity contribution >= 4 is 27.3 Å². The molecule has 1 heterocycles. The van der Waals surface area contributed by atoms with Crippen LogP contribution in [0, 0.1) is 0 Å². The lowest BCUT2D eigenvalue weighted by Gasteiger charge is -2.23. The zero-order valence-electron chi connectivity index (χ0n) is 12.8. The van der Waals surface area contributed by atoms with Crippen LogP contribution in [0.15, 0.2) is 46.7 Å². The van der Waals surface area contributed by atoms with Crippen LogP contribution in [0.1, 0.15) is 21.3 Å². The summed E-state index contributed by atoms with van der Waals surface area (Å²) in [5.41, 5.74) is 0.0497. The monoisotopic (exact) mass is 354 g/mol. The van der Waals surface area contributed by atoms with Gasteiger partial charge < -0.3 is 10.0 Å². The van der Waals surface area contributed by atoms with E-state index in [0.29, 0.717) is 0 Å². The molecule has 1 atom stereocenters. The Morgan fingerprint density at radius 3 is 2.39 bits per heavy atom. The van der Waals surface area contributed by atoms with E-state index in [2.05, 4.69) is 4.72 Å². The van der Waals surface area contributed by atoms with Gasteiger partial charge in [0.15, 0.2) is 0 Å². The summed E-state index contributed by atoms with van der Waals surface area (Å²) in [4.78, 5) is 13.9. The van der Waals surface area contributed by atoms with Gasteiger partial charge in [-0.3, -0.25) is 0 Å². The number of likely N-dealkylation sites (N-methyl/N-ethyl adjacent to an activating group) is 1. The van der Waals surface area contributed by atoms with Crippen LogP contribution in [0.3, 0.4) is 0 Å². The lowest BCUT2D eigenvalue weighted by atomic mass is 10.2. The maximum atomic E-state index is 12.3. The van der Waals surface area contributed by atoms with Crippen molar-refractivity contribution in [3.8, 4) is 0 Å². The Balaban J connectivity index is 2.12. The van der Waals surface area contributed by atoms with Crippen molar-refractivity contribution in [3.63, 3.8) is 0 Å². The summed E-state index contributed by atoms with van der Waals surface area (Å²) in [6, 6.07) is 8.96. The Kier molecular flexibility index (Phi) is 5.53. The second kappa shape index (κ2) is 7.22. The maximum absolute atomic E-state index is 12.3. The van der Waals surface area contributed by atoms with Gasteiger partial charge in [-0.2, -0.15) is 0 Å². The number of carboxylic acid groups (broad SMARTS) is 1.